The van der Waals surface area contributed by atoms with Crippen molar-refractivity contribution < 1.29 is 28.8 Å². The van der Waals surface area contributed by atoms with Gasteiger partial charge in [-0.1, -0.05) is 45.4 Å². The van der Waals surface area contributed by atoms with Gasteiger partial charge in [0.2, 0.25) is 0 Å². The normalized spacial score (nSPS) is 31.2. The summed E-state index contributed by atoms with van der Waals surface area (Å²) in [6.07, 6.45) is 6.01. The van der Waals surface area contributed by atoms with E-state index in [1.807, 2.05) is 0 Å². The van der Waals surface area contributed by atoms with Crippen molar-refractivity contribution in [3.8, 4) is 0 Å². The lowest BCUT2D eigenvalue weighted by atomic mass is 10.1. The fourth-order valence-corrected chi connectivity index (χ4v) is 3.17. The Morgan fingerprint density at radius 3 is 2.42 bits per heavy atom. The number of aliphatic hydroxyl groups excluding tert-OH is 1. The molecule has 0 amide bonds. The monoisotopic (exact) mass is 344 g/mol. The number of aliphatic hydroxyl groups is 1. The highest BCUT2D eigenvalue weighted by molar-refractivity contribution is 5.69. The molecule has 0 aliphatic carbocycles. The van der Waals surface area contributed by atoms with E-state index < -0.39 is 30.4 Å². The standard InChI is InChI=1S/C18H32O6/c1-4-5-6-7-8-9-10-11-14(19)21-12-13-15(20)16-17(22-13)24-18(2,3)23-16/h13,15-17,20H,4-12H2,1-3H3/t13-,15+,16-,17-/m1/s1. The van der Waals surface area contributed by atoms with Crippen LogP contribution in [0.1, 0.15) is 72.1 Å². The zero-order chi connectivity index (χ0) is 17.6. The van der Waals surface area contributed by atoms with Crippen LogP contribution in [-0.2, 0) is 23.7 Å². The quantitative estimate of drug-likeness (QED) is 0.485. The van der Waals surface area contributed by atoms with E-state index in [-0.39, 0.29) is 12.6 Å². The van der Waals surface area contributed by atoms with Gasteiger partial charge in [-0.05, 0) is 20.3 Å². The molecular formula is C18H32O6. The number of hydrogen-bond donors (Lipinski definition) is 1. The van der Waals surface area contributed by atoms with Crippen LogP contribution in [0.2, 0.25) is 0 Å². The number of rotatable bonds is 10. The molecule has 2 saturated heterocycles. The van der Waals surface area contributed by atoms with Gasteiger partial charge in [0.1, 0.15) is 24.9 Å². The average Bonchev–Trinajstić information content (AvgIpc) is 2.97. The van der Waals surface area contributed by atoms with Gasteiger partial charge in [-0.2, -0.15) is 0 Å². The lowest BCUT2D eigenvalue weighted by Gasteiger charge is -2.22. The van der Waals surface area contributed by atoms with Crippen LogP contribution < -0.4 is 0 Å². The van der Waals surface area contributed by atoms with Crippen LogP contribution >= 0.6 is 0 Å². The Hall–Kier alpha value is -0.690. The van der Waals surface area contributed by atoms with Crippen molar-refractivity contribution in [1.82, 2.24) is 0 Å². The summed E-state index contributed by atoms with van der Waals surface area (Å²) in [6, 6.07) is 0. The Labute approximate surface area is 144 Å². The van der Waals surface area contributed by atoms with Gasteiger partial charge in [-0.15, -0.1) is 0 Å². The SMILES string of the molecule is CCCCCCCCCC(=O)OC[C@H]1O[C@@H]2OC(C)(C)O[C@@H]2[C@H]1O. The average molecular weight is 344 g/mol. The van der Waals surface area contributed by atoms with Gasteiger partial charge in [0.05, 0.1) is 0 Å². The van der Waals surface area contributed by atoms with Crippen molar-refractivity contribution in [2.45, 2.75) is 103 Å². The molecule has 2 heterocycles. The molecule has 2 fully saturated rings. The van der Waals surface area contributed by atoms with Gasteiger partial charge in [-0.3, -0.25) is 4.79 Å². The highest BCUT2D eigenvalue weighted by Crippen LogP contribution is 2.37. The molecule has 0 spiro atoms. The molecule has 6 heteroatoms. The number of esters is 1. The summed E-state index contributed by atoms with van der Waals surface area (Å²) in [7, 11) is 0. The second-order valence-corrected chi connectivity index (χ2v) is 7.19. The fraction of sp³-hybridized carbons (Fsp3) is 0.944. The van der Waals surface area contributed by atoms with Crippen molar-refractivity contribution >= 4 is 5.97 Å². The van der Waals surface area contributed by atoms with E-state index in [2.05, 4.69) is 6.92 Å². The minimum atomic E-state index is -0.844. The predicted octanol–water partition coefficient (Wildman–Crippen LogP) is 2.91. The van der Waals surface area contributed by atoms with Crippen LogP contribution in [-0.4, -0.2) is 48.1 Å². The van der Waals surface area contributed by atoms with E-state index in [0.717, 1.165) is 12.8 Å². The second-order valence-electron chi connectivity index (χ2n) is 7.19. The third-order valence-corrected chi connectivity index (χ3v) is 4.51. The van der Waals surface area contributed by atoms with Crippen molar-refractivity contribution in [3.63, 3.8) is 0 Å². The maximum atomic E-state index is 11.8. The molecule has 4 atom stereocenters. The van der Waals surface area contributed by atoms with E-state index in [1.54, 1.807) is 13.8 Å². The molecule has 0 aromatic rings. The van der Waals surface area contributed by atoms with Crippen LogP contribution in [0.5, 0.6) is 0 Å². The van der Waals surface area contributed by atoms with Gasteiger partial charge in [-0.25, -0.2) is 0 Å². The third-order valence-electron chi connectivity index (χ3n) is 4.51. The molecule has 2 aliphatic rings. The summed E-state index contributed by atoms with van der Waals surface area (Å²) >= 11 is 0. The number of ether oxygens (including phenoxy) is 4. The van der Waals surface area contributed by atoms with Crippen molar-refractivity contribution in [2.24, 2.45) is 0 Å². The summed E-state index contributed by atoms with van der Waals surface area (Å²) in [5, 5.41) is 10.2. The molecule has 1 N–H and O–H groups in total. The van der Waals surface area contributed by atoms with E-state index in [0.29, 0.717) is 6.42 Å². The summed E-state index contributed by atoms with van der Waals surface area (Å²) in [5.41, 5.74) is 0. The maximum absolute atomic E-state index is 11.8. The van der Waals surface area contributed by atoms with Crippen LogP contribution in [0.4, 0.5) is 0 Å². The molecule has 0 saturated carbocycles. The maximum Gasteiger partial charge on any atom is 0.305 e. The van der Waals surface area contributed by atoms with Crippen molar-refractivity contribution in [2.75, 3.05) is 6.61 Å². The van der Waals surface area contributed by atoms with Gasteiger partial charge in [0.15, 0.2) is 12.1 Å². The number of carbonyl (C=O) groups is 1. The molecule has 6 nitrogen and oxygen atoms in total. The Bertz CT molecular complexity index is 397. The first-order valence-electron chi connectivity index (χ1n) is 9.28. The first kappa shape index (κ1) is 19.6. The van der Waals surface area contributed by atoms with Crippen LogP contribution in [0.25, 0.3) is 0 Å². The Morgan fingerprint density at radius 2 is 1.75 bits per heavy atom. The number of carbonyl (C=O) groups excluding carboxylic acids is 1. The Morgan fingerprint density at radius 1 is 1.08 bits per heavy atom. The fourth-order valence-electron chi connectivity index (χ4n) is 3.17. The molecule has 0 unspecified atom stereocenters. The van der Waals surface area contributed by atoms with E-state index in [1.165, 1.54) is 32.1 Å². The lowest BCUT2D eigenvalue weighted by Crippen LogP contribution is -2.37. The zero-order valence-corrected chi connectivity index (χ0v) is 15.2. The topological polar surface area (TPSA) is 74.2 Å². The molecule has 24 heavy (non-hydrogen) atoms. The number of fused-ring (bicyclic) bond motifs is 1. The number of unbranched alkanes of at least 4 members (excludes halogenated alkanes) is 6. The molecule has 2 aliphatic heterocycles. The first-order valence-corrected chi connectivity index (χ1v) is 9.28. The van der Waals surface area contributed by atoms with Crippen LogP contribution in [0.3, 0.4) is 0 Å². The van der Waals surface area contributed by atoms with E-state index in [4.69, 9.17) is 18.9 Å². The molecule has 140 valence electrons. The first-order chi connectivity index (χ1) is 11.4. The summed E-state index contributed by atoms with van der Waals surface area (Å²) in [4.78, 5) is 11.8. The number of hydrogen-bond acceptors (Lipinski definition) is 6. The van der Waals surface area contributed by atoms with E-state index >= 15 is 0 Å². The third kappa shape index (κ3) is 5.69. The highest BCUT2D eigenvalue weighted by Gasteiger charge is 2.54. The molecule has 0 radical (unpaired) electrons. The zero-order valence-electron chi connectivity index (χ0n) is 15.2. The Balaban J connectivity index is 1.55. The van der Waals surface area contributed by atoms with Gasteiger partial charge >= 0.3 is 5.97 Å². The largest absolute Gasteiger partial charge is 0.463 e. The predicted molar refractivity (Wildman–Crippen MR) is 88.3 cm³/mol. The van der Waals surface area contributed by atoms with Crippen LogP contribution in [0, 0.1) is 0 Å². The van der Waals surface area contributed by atoms with Crippen molar-refractivity contribution in [3.05, 3.63) is 0 Å². The molecular weight excluding hydrogens is 312 g/mol. The van der Waals surface area contributed by atoms with E-state index in [9.17, 15) is 9.90 Å². The Kier molecular flexibility index (Phi) is 7.47. The minimum absolute atomic E-state index is 0.0383. The molecule has 0 bridgehead atoms. The summed E-state index contributed by atoms with van der Waals surface area (Å²) in [6.45, 7) is 5.79. The second kappa shape index (κ2) is 9.13. The summed E-state index contributed by atoms with van der Waals surface area (Å²) in [5.74, 6) is -0.992. The van der Waals surface area contributed by atoms with Gasteiger partial charge < -0.3 is 24.1 Å². The highest BCUT2D eigenvalue weighted by atomic mass is 16.8. The molecule has 0 aromatic heterocycles. The van der Waals surface area contributed by atoms with Crippen molar-refractivity contribution in [1.29, 1.82) is 0 Å². The van der Waals surface area contributed by atoms with Gasteiger partial charge in [0, 0.05) is 6.42 Å². The smallest absolute Gasteiger partial charge is 0.305 e. The van der Waals surface area contributed by atoms with Crippen LogP contribution in [0.15, 0.2) is 0 Å². The lowest BCUT2D eigenvalue weighted by molar-refractivity contribution is -0.220. The molecule has 2 rings (SSSR count). The van der Waals surface area contributed by atoms with Gasteiger partial charge in [0.25, 0.3) is 0 Å². The molecule has 0 aromatic carbocycles. The minimum Gasteiger partial charge on any atom is -0.463 e. The summed E-state index contributed by atoms with van der Waals surface area (Å²) < 4.78 is 22.0.